The fraction of sp³-hybridized carbons (Fsp3) is 0.0952. The first kappa shape index (κ1) is 18.9. The van der Waals surface area contributed by atoms with Crippen molar-refractivity contribution in [1.82, 2.24) is 9.97 Å². The summed E-state index contributed by atoms with van der Waals surface area (Å²) in [5.74, 6) is 0.259. The van der Waals surface area contributed by atoms with Crippen molar-refractivity contribution in [3.05, 3.63) is 66.2 Å². The van der Waals surface area contributed by atoms with Crippen LogP contribution in [0, 0.1) is 5.82 Å². The molecule has 146 valence electrons. The van der Waals surface area contributed by atoms with Gasteiger partial charge in [0, 0.05) is 27.9 Å². The summed E-state index contributed by atoms with van der Waals surface area (Å²) in [6.07, 6.45) is 4.33. The average molecular weight is 411 g/mol. The number of amides is 1. The third-order valence-electron chi connectivity index (χ3n) is 4.32. The van der Waals surface area contributed by atoms with Crippen molar-refractivity contribution in [2.75, 3.05) is 23.8 Å². The minimum Gasteiger partial charge on any atom is -0.487 e. The highest BCUT2D eigenvalue weighted by Gasteiger charge is 2.21. The molecule has 0 aliphatic carbocycles. The van der Waals surface area contributed by atoms with Crippen LogP contribution >= 0.6 is 11.6 Å². The predicted octanol–water partition coefficient (Wildman–Crippen LogP) is 4.53. The number of fused-ring (bicyclic) bond motifs is 1. The predicted molar refractivity (Wildman–Crippen MR) is 111 cm³/mol. The lowest BCUT2D eigenvalue weighted by Gasteiger charge is -2.22. The van der Waals surface area contributed by atoms with E-state index in [1.165, 1.54) is 30.5 Å². The van der Waals surface area contributed by atoms with Crippen molar-refractivity contribution in [3.8, 4) is 28.1 Å². The zero-order valence-electron chi connectivity index (χ0n) is 15.2. The maximum atomic E-state index is 14.4. The Bertz CT molecular complexity index is 1120. The average Bonchev–Trinajstić information content (AvgIpc) is 2.74. The Morgan fingerprint density at radius 2 is 2.14 bits per heavy atom. The van der Waals surface area contributed by atoms with E-state index in [0.717, 1.165) is 0 Å². The molecule has 1 aromatic carbocycles. The summed E-state index contributed by atoms with van der Waals surface area (Å²) < 4.78 is 20.3. The number of pyridine rings is 2. The Kier molecular flexibility index (Phi) is 5.14. The first-order valence-corrected chi connectivity index (χ1v) is 9.19. The molecule has 0 saturated carbocycles. The summed E-state index contributed by atoms with van der Waals surface area (Å²) in [5, 5.41) is 6.26. The van der Waals surface area contributed by atoms with E-state index in [0.29, 0.717) is 52.2 Å². The fourth-order valence-electron chi connectivity index (χ4n) is 3.02. The van der Waals surface area contributed by atoms with Gasteiger partial charge in [0.1, 0.15) is 12.4 Å². The van der Waals surface area contributed by atoms with Crippen LogP contribution in [0.25, 0.3) is 22.4 Å². The number of anilines is 2. The Hall–Kier alpha value is -3.45. The Labute approximate surface area is 171 Å². The lowest BCUT2D eigenvalue weighted by molar-refractivity contribution is -0.111. The maximum absolute atomic E-state index is 14.4. The molecule has 0 spiro atoms. The van der Waals surface area contributed by atoms with E-state index >= 15 is 0 Å². The van der Waals surface area contributed by atoms with Crippen LogP contribution in [-0.4, -0.2) is 29.0 Å². The molecular formula is C21H16ClFN4O2. The number of aromatic nitrogens is 2. The van der Waals surface area contributed by atoms with Gasteiger partial charge < -0.3 is 15.4 Å². The molecule has 1 aliphatic rings. The smallest absolute Gasteiger partial charge is 0.247 e. The summed E-state index contributed by atoms with van der Waals surface area (Å²) in [5.41, 5.74) is 2.52. The van der Waals surface area contributed by atoms with Crippen LogP contribution < -0.4 is 15.4 Å². The van der Waals surface area contributed by atoms with Gasteiger partial charge in [0.2, 0.25) is 5.91 Å². The van der Waals surface area contributed by atoms with Crippen molar-refractivity contribution in [3.63, 3.8) is 0 Å². The number of ether oxygens (including phenoxy) is 1. The van der Waals surface area contributed by atoms with Gasteiger partial charge in [-0.15, -0.1) is 0 Å². The Balaban J connectivity index is 1.87. The second kappa shape index (κ2) is 7.89. The van der Waals surface area contributed by atoms with Crippen LogP contribution in [0.5, 0.6) is 5.75 Å². The largest absolute Gasteiger partial charge is 0.487 e. The first-order chi connectivity index (χ1) is 14.0. The van der Waals surface area contributed by atoms with E-state index in [2.05, 4.69) is 27.2 Å². The molecule has 0 unspecified atom stereocenters. The van der Waals surface area contributed by atoms with Crippen molar-refractivity contribution in [1.29, 1.82) is 0 Å². The molecule has 3 aromatic rings. The third kappa shape index (κ3) is 3.90. The lowest BCUT2D eigenvalue weighted by Crippen LogP contribution is -2.20. The van der Waals surface area contributed by atoms with E-state index in [4.69, 9.17) is 16.3 Å². The summed E-state index contributed by atoms with van der Waals surface area (Å²) in [4.78, 5) is 20.3. The van der Waals surface area contributed by atoms with E-state index in [-0.39, 0.29) is 11.5 Å². The summed E-state index contributed by atoms with van der Waals surface area (Å²) in [7, 11) is 0. The van der Waals surface area contributed by atoms with E-state index < -0.39 is 5.82 Å². The van der Waals surface area contributed by atoms with Crippen LogP contribution in [0.3, 0.4) is 0 Å². The van der Waals surface area contributed by atoms with Gasteiger partial charge in [-0.1, -0.05) is 18.2 Å². The summed E-state index contributed by atoms with van der Waals surface area (Å²) >= 11 is 6.06. The molecule has 0 atom stereocenters. The highest BCUT2D eigenvalue weighted by molar-refractivity contribution is 6.30. The van der Waals surface area contributed by atoms with Crippen molar-refractivity contribution in [2.45, 2.75) is 0 Å². The van der Waals surface area contributed by atoms with Crippen molar-refractivity contribution in [2.24, 2.45) is 0 Å². The number of hydrogen-bond acceptors (Lipinski definition) is 5. The SMILES string of the molecule is C=CC(=O)Nc1cncc(-c2cc(-c3cc(Cl)ccc3F)nc3c2OCCN3)c1. The molecule has 0 radical (unpaired) electrons. The Morgan fingerprint density at radius 3 is 2.97 bits per heavy atom. The van der Waals surface area contributed by atoms with E-state index in [1.807, 2.05) is 0 Å². The Morgan fingerprint density at radius 1 is 1.28 bits per heavy atom. The lowest BCUT2D eigenvalue weighted by atomic mass is 10.0. The van der Waals surface area contributed by atoms with Gasteiger partial charge in [0.05, 0.1) is 24.1 Å². The van der Waals surface area contributed by atoms with Crippen LogP contribution in [0.2, 0.25) is 5.02 Å². The zero-order chi connectivity index (χ0) is 20.4. The van der Waals surface area contributed by atoms with Gasteiger partial charge in [0.25, 0.3) is 0 Å². The molecule has 8 heteroatoms. The molecule has 2 aromatic heterocycles. The number of nitrogens with zero attached hydrogens (tertiary/aromatic N) is 2. The van der Waals surface area contributed by atoms with Crippen LogP contribution in [0.15, 0.2) is 55.4 Å². The summed E-state index contributed by atoms with van der Waals surface area (Å²) in [6.45, 7) is 4.48. The number of carbonyl (C=O) groups excluding carboxylic acids is 1. The number of benzene rings is 1. The van der Waals surface area contributed by atoms with E-state index in [1.54, 1.807) is 18.3 Å². The van der Waals surface area contributed by atoms with Gasteiger partial charge in [-0.2, -0.15) is 0 Å². The molecule has 1 amide bonds. The monoisotopic (exact) mass is 410 g/mol. The zero-order valence-corrected chi connectivity index (χ0v) is 16.0. The standard InChI is InChI=1S/C21H16ClFN4O2/c1-2-19(28)26-14-7-12(10-24-11-14)15-9-18(16-8-13(22)3-4-17(16)23)27-21-20(15)29-6-5-25-21/h2-4,7-11H,1,5-6H2,(H,25,27)(H,26,28). The third-order valence-corrected chi connectivity index (χ3v) is 4.56. The van der Waals surface area contributed by atoms with Crippen molar-refractivity contribution >= 4 is 29.0 Å². The van der Waals surface area contributed by atoms with Gasteiger partial charge in [-0.05, 0) is 36.4 Å². The number of nitrogens with one attached hydrogen (secondary N) is 2. The second-order valence-corrected chi connectivity index (χ2v) is 6.72. The quantitative estimate of drug-likeness (QED) is 0.618. The molecule has 6 nitrogen and oxygen atoms in total. The number of rotatable bonds is 4. The van der Waals surface area contributed by atoms with Gasteiger partial charge >= 0.3 is 0 Å². The molecule has 0 bridgehead atoms. The van der Waals surface area contributed by atoms with Gasteiger partial charge in [-0.25, -0.2) is 9.37 Å². The normalized spacial score (nSPS) is 12.3. The number of carbonyl (C=O) groups is 1. The van der Waals surface area contributed by atoms with E-state index in [9.17, 15) is 9.18 Å². The molecule has 3 heterocycles. The second-order valence-electron chi connectivity index (χ2n) is 6.29. The highest BCUT2D eigenvalue weighted by Crippen LogP contribution is 2.40. The van der Waals surface area contributed by atoms with Crippen LogP contribution in [0.1, 0.15) is 0 Å². The van der Waals surface area contributed by atoms with Crippen molar-refractivity contribution < 1.29 is 13.9 Å². The molecule has 1 aliphatic heterocycles. The number of hydrogen-bond donors (Lipinski definition) is 2. The fourth-order valence-corrected chi connectivity index (χ4v) is 3.19. The first-order valence-electron chi connectivity index (χ1n) is 8.81. The maximum Gasteiger partial charge on any atom is 0.247 e. The van der Waals surface area contributed by atoms with Gasteiger partial charge in [-0.3, -0.25) is 9.78 Å². The summed E-state index contributed by atoms with van der Waals surface area (Å²) in [6, 6.07) is 7.78. The molecule has 0 fully saturated rings. The molecule has 2 N–H and O–H groups in total. The molecule has 0 saturated heterocycles. The minimum absolute atomic E-state index is 0.276. The van der Waals surface area contributed by atoms with Crippen LogP contribution in [-0.2, 0) is 4.79 Å². The number of halogens is 2. The highest BCUT2D eigenvalue weighted by atomic mass is 35.5. The molecule has 29 heavy (non-hydrogen) atoms. The van der Waals surface area contributed by atoms with Gasteiger partial charge in [0.15, 0.2) is 11.6 Å². The molecular weight excluding hydrogens is 395 g/mol. The topological polar surface area (TPSA) is 76.1 Å². The minimum atomic E-state index is -0.436. The molecule has 4 rings (SSSR count). The van der Waals surface area contributed by atoms with Crippen LogP contribution in [0.4, 0.5) is 15.9 Å².